The number of thioether (sulfide) groups is 1. The highest BCUT2D eigenvalue weighted by Gasteiger charge is 2.33. The van der Waals surface area contributed by atoms with E-state index in [9.17, 15) is 4.79 Å². The zero-order valence-electron chi connectivity index (χ0n) is 14.7. The molecule has 0 radical (unpaired) electrons. The Hall–Kier alpha value is -2.37. The molecular weight excluding hydrogens is 362 g/mol. The lowest BCUT2D eigenvalue weighted by Crippen LogP contribution is -2.27. The number of amides is 1. The first-order valence-electron chi connectivity index (χ1n) is 8.18. The van der Waals surface area contributed by atoms with Gasteiger partial charge in [-0.25, -0.2) is 0 Å². The molecule has 26 heavy (non-hydrogen) atoms. The van der Waals surface area contributed by atoms with Crippen molar-refractivity contribution in [3.63, 3.8) is 0 Å². The first kappa shape index (κ1) is 18.4. The van der Waals surface area contributed by atoms with Gasteiger partial charge < -0.3 is 4.74 Å². The molecule has 0 spiro atoms. The quantitative estimate of drug-likeness (QED) is 0.401. The van der Waals surface area contributed by atoms with Crippen molar-refractivity contribution in [3.05, 3.63) is 76.7 Å². The number of thiocarbonyl (C=S) groups is 1. The van der Waals surface area contributed by atoms with Crippen LogP contribution in [0.1, 0.15) is 16.7 Å². The molecule has 1 heterocycles. The predicted octanol–water partition coefficient (Wildman–Crippen LogP) is 5.27. The monoisotopic (exact) mass is 381 g/mol. The molecule has 1 aliphatic heterocycles. The van der Waals surface area contributed by atoms with E-state index >= 15 is 0 Å². The van der Waals surface area contributed by atoms with Crippen LogP contribution in [0, 0.1) is 13.8 Å². The molecule has 0 aliphatic carbocycles. The van der Waals surface area contributed by atoms with E-state index in [0.29, 0.717) is 15.8 Å². The van der Waals surface area contributed by atoms with Crippen LogP contribution in [0.3, 0.4) is 0 Å². The number of carbonyl (C=O) groups is 1. The Morgan fingerprint density at radius 3 is 2.54 bits per heavy atom. The van der Waals surface area contributed by atoms with E-state index in [-0.39, 0.29) is 5.91 Å². The van der Waals surface area contributed by atoms with E-state index in [1.54, 1.807) is 11.0 Å². The van der Waals surface area contributed by atoms with Crippen LogP contribution in [-0.4, -0.2) is 16.8 Å². The summed E-state index contributed by atoms with van der Waals surface area (Å²) in [6.07, 6.45) is 3.56. The highest BCUT2D eigenvalue weighted by Crippen LogP contribution is 2.36. The molecule has 2 aromatic carbocycles. The first-order valence-corrected chi connectivity index (χ1v) is 9.41. The van der Waals surface area contributed by atoms with Crippen molar-refractivity contribution in [3.8, 4) is 5.75 Å². The number of hydrogen-bond donors (Lipinski definition) is 0. The molecule has 2 aromatic rings. The fourth-order valence-corrected chi connectivity index (χ4v) is 3.82. The van der Waals surface area contributed by atoms with Gasteiger partial charge in [0.15, 0.2) is 4.32 Å². The van der Waals surface area contributed by atoms with Gasteiger partial charge in [-0.2, -0.15) is 0 Å². The van der Waals surface area contributed by atoms with E-state index in [1.165, 1.54) is 17.3 Å². The van der Waals surface area contributed by atoms with E-state index in [2.05, 4.69) is 6.58 Å². The Morgan fingerprint density at radius 1 is 1.15 bits per heavy atom. The molecule has 1 fully saturated rings. The van der Waals surface area contributed by atoms with Gasteiger partial charge in [0.05, 0.1) is 10.6 Å². The van der Waals surface area contributed by atoms with Crippen LogP contribution >= 0.6 is 24.0 Å². The van der Waals surface area contributed by atoms with E-state index in [4.69, 9.17) is 17.0 Å². The van der Waals surface area contributed by atoms with Crippen LogP contribution in [0.4, 0.5) is 5.69 Å². The van der Waals surface area contributed by atoms with Crippen molar-refractivity contribution in [1.82, 2.24) is 0 Å². The van der Waals surface area contributed by atoms with Gasteiger partial charge in [-0.05, 0) is 60.9 Å². The molecule has 3 nitrogen and oxygen atoms in total. The molecule has 5 heteroatoms. The number of hydrogen-bond acceptors (Lipinski definition) is 4. The van der Waals surface area contributed by atoms with Crippen molar-refractivity contribution in [2.24, 2.45) is 0 Å². The maximum absolute atomic E-state index is 12.8. The molecule has 0 aromatic heterocycles. The largest absolute Gasteiger partial charge is 0.490 e. The van der Waals surface area contributed by atoms with Crippen molar-refractivity contribution < 1.29 is 9.53 Å². The minimum absolute atomic E-state index is 0.0877. The van der Waals surface area contributed by atoms with Gasteiger partial charge in [0.25, 0.3) is 5.91 Å². The zero-order valence-corrected chi connectivity index (χ0v) is 16.3. The summed E-state index contributed by atoms with van der Waals surface area (Å²) in [5.41, 5.74) is 4.06. The summed E-state index contributed by atoms with van der Waals surface area (Å²) in [4.78, 5) is 15.1. The molecule has 1 aliphatic rings. The summed E-state index contributed by atoms with van der Waals surface area (Å²) in [6, 6.07) is 13.5. The van der Waals surface area contributed by atoms with E-state index in [1.807, 2.05) is 62.4 Å². The van der Waals surface area contributed by atoms with Gasteiger partial charge in [0, 0.05) is 0 Å². The SMILES string of the molecule is C=CCOc1ccc(/C=C2/SC(=S)N(c3ccc(C)c(C)c3)C2=O)cc1. The number of nitrogens with zero attached hydrogens (tertiary/aromatic N) is 1. The Balaban J connectivity index is 1.82. The number of benzene rings is 2. The van der Waals surface area contributed by atoms with Gasteiger partial charge in [0.2, 0.25) is 0 Å². The summed E-state index contributed by atoms with van der Waals surface area (Å²) >= 11 is 6.76. The second kappa shape index (κ2) is 7.89. The molecule has 0 saturated carbocycles. The summed E-state index contributed by atoms with van der Waals surface area (Å²) in [5, 5.41) is 0. The van der Waals surface area contributed by atoms with E-state index < -0.39 is 0 Å². The molecule has 0 bridgehead atoms. The summed E-state index contributed by atoms with van der Waals surface area (Å²) in [6.45, 7) is 8.17. The van der Waals surface area contributed by atoms with Crippen LogP contribution in [-0.2, 0) is 4.79 Å². The van der Waals surface area contributed by atoms with Gasteiger partial charge in [-0.15, -0.1) is 0 Å². The first-order chi connectivity index (χ1) is 12.5. The van der Waals surface area contributed by atoms with Crippen LogP contribution in [0.5, 0.6) is 5.75 Å². The number of anilines is 1. The highest BCUT2D eigenvalue weighted by molar-refractivity contribution is 8.27. The lowest BCUT2D eigenvalue weighted by Gasteiger charge is -2.15. The molecule has 1 amide bonds. The average molecular weight is 382 g/mol. The molecule has 132 valence electrons. The molecule has 3 rings (SSSR count). The molecule has 0 N–H and O–H groups in total. The lowest BCUT2D eigenvalue weighted by molar-refractivity contribution is -0.113. The summed E-state index contributed by atoms with van der Waals surface area (Å²) in [5.74, 6) is 0.681. The van der Waals surface area contributed by atoms with Gasteiger partial charge in [-0.3, -0.25) is 9.69 Å². The minimum Gasteiger partial charge on any atom is -0.490 e. The highest BCUT2D eigenvalue weighted by atomic mass is 32.2. The standard InChI is InChI=1S/C21H19NO2S2/c1-4-11-24-18-9-6-16(7-10-18)13-19-20(23)22(21(25)26-19)17-8-5-14(2)15(3)12-17/h4-10,12-13H,1,11H2,2-3H3/b19-13+. The third-order valence-electron chi connectivity index (χ3n) is 4.09. The van der Waals surface area contributed by atoms with Gasteiger partial charge in [0.1, 0.15) is 12.4 Å². The lowest BCUT2D eigenvalue weighted by atomic mass is 10.1. The Labute approximate surface area is 163 Å². The fraction of sp³-hybridized carbons (Fsp3) is 0.143. The van der Waals surface area contributed by atoms with Crippen molar-refractivity contribution in [2.75, 3.05) is 11.5 Å². The smallest absolute Gasteiger partial charge is 0.270 e. The fourth-order valence-electron chi connectivity index (χ4n) is 2.52. The van der Waals surface area contributed by atoms with Crippen molar-refractivity contribution >= 4 is 46.0 Å². The average Bonchev–Trinajstić information content (AvgIpc) is 2.90. The molecule has 0 atom stereocenters. The van der Waals surface area contributed by atoms with Crippen molar-refractivity contribution in [1.29, 1.82) is 0 Å². The topological polar surface area (TPSA) is 29.5 Å². The second-order valence-corrected chi connectivity index (χ2v) is 7.63. The maximum Gasteiger partial charge on any atom is 0.270 e. The zero-order chi connectivity index (χ0) is 18.7. The Morgan fingerprint density at radius 2 is 1.88 bits per heavy atom. The third kappa shape index (κ3) is 3.89. The second-order valence-electron chi connectivity index (χ2n) is 5.95. The van der Waals surface area contributed by atoms with Crippen LogP contribution in [0.15, 0.2) is 60.0 Å². The predicted molar refractivity (Wildman–Crippen MR) is 114 cm³/mol. The van der Waals surface area contributed by atoms with Crippen LogP contribution in [0.25, 0.3) is 6.08 Å². The number of carbonyl (C=O) groups excluding carboxylic acids is 1. The number of aryl methyl sites for hydroxylation is 2. The van der Waals surface area contributed by atoms with E-state index in [0.717, 1.165) is 22.6 Å². The van der Waals surface area contributed by atoms with Gasteiger partial charge >= 0.3 is 0 Å². The molecule has 0 unspecified atom stereocenters. The molecular formula is C21H19NO2S2. The summed E-state index contributed by atoms with van der Waals surface area (Å²) in [7, 11) is 0. The Bertz CT molecular complexity index is 901. The minimum atomic E-state index is -0.0877. The normalized spacial score (nSPS) is 15.6. The summed E-state index contributed by atoms with van der Waals surface area (Å²) < 4.78 is 6.03. The third-order valence-corrected chi connectivity index (χ3v) is 5.39. The number of rotatable bonds is 5. The van der Waals surface area contributed by atoms with Crippen molar-refractivity contribution in [2.45, 2.75) is 13.8 Å². The Kier molecular flexibility index (Phi) is 5.59. The maximum atomic E-state index is 12.8. The van der Waals surface area contributed by atoms with Gasteiger partial charge in [-0.1, -0.05) is 54.8 Å². The number of ether oxygens (including phenoxy) is 1. The molecule has 1 saturated heterocycles. The van der Waals surface area contributed by atoms with Crippen LogP contribution < -0.4 is 9.64 Å². The van der Waals surface area contributed by atoms with Crippen LogP contribution in [0.2, 0.25) is 0 Å².